The Balaban J connectivity index is 1.11. The third kappa shape index (κ3) is 7.62. The zero-order chi connectivity index (χ0) is 50.1. The molecule has 14 rings (SSSR count). The summed E-state index contributed by atoms with van der Waals surface area (Å²) < 4.78 is 0. The van der Waals surface area contributed by atoms with Gasteiger partial charge in [0, 0.05) is 55.3 Å². The molecule has 3 aliphatic heterocycles. The van der Waals surface area contributed by atoms with Gasteiger partial charge in [-0.05, 0) is 138 Å². The van der Waals surface area contributed by atoms with E-state index >= 15 is 0 Å². The van der Waals surface area contributed by atoms with Crippen LogP contribution in [0.5, 0.6) is 0 Å². The van der Waals surface area contributed by atoms with E-state index in [1.807, 2.05) is 11.8 Å². The lowest BCUT2D eigenvalue weighted by atomic mass is 9.31. The van der Waals surface area contributed by atoms with Crippen molar-refractivity contribution in [2.45, 2.75) is 30.6 Å². The maximum Gasteiger partial charge on any atom is 0.252 e. The van der Waals surface area contributed by atoms with Crippen LogP contribution in [0.1, 0.15) is 16.7 Å². The minimum absolute atomic E-state index is 0.0582. The number of hydrogen-bond acceptors (Lipinski definition) is 4. The first-order valence-corrected chi connectivity index (χ1v) is 26.9. The molecule has 0 bridgehead atoms. The summed E-state index contributed by atoms with van der Waals surface area (Å²) in [6.07, 6.45) is 0. The highest BCUT2D eigenvalue weighted by molar-refractivity contribution is 8.00. The third-order valence-corrected chi connectivity index (χ3v) is 16.8. The van der Waals surface area contributed by atoms with Gasteiger partial charge in [-0.1, -0.05) is 221 Å². The van der Waals surface area contributed by atoms with Crippen molar-refractivity contribution < 1.29 is 0 Å². The highest BCUT2D eigenvalue weighted by Gasteiger charge is 2.46. The van der Waals surface area contributed by atoms with Crippen molar-refractivity contribution >= 4 is 109 Å². The van der Waals surface area contributed by atoms with Crippen molar-refractivity contribution in [3.05, 3.63) is 271 Å². The van der Waals surface area contributed by atoms with Crippen LogP contribution in [0.3, 0.4) is 0 Å². The number of hydrogen-bond donors (Lipinski definition) is 0. The highest BCUT2D eigenvalue weighted by Crippen LogP contribution is 2.49. The van der Waals surface area contributed by atoms with E-state index in [0.717, 1.165) is 39.8 Å². The summed E-state index contributed by atoms with van der Waals surface area (Å²) in [6, 6.07) is 94.8. The Morgan fingerprint density at radius 3 is 1.47 bits per heavy atom. The Hall–Kier alpha value is -8.70. The second kappa shape index (κ2) is 18.3. The molecule has 0 N–H and O–H groups in total. The molecule has 0 unspecified atom stereocenters. The molecular weight excluding hydrogens is 924 g/mol. The first-order valence-electron chi connectivity index (χ1n) is 26.1. The average molecular weight is 976 g/mol. The normalized spacial score (nSPS) is 12.8. The predicted octanol–water partition coefficient (Wildman–Crippen LogP) is 14.5. The Morgan fingerprint density at radius 2 is 0.827 bits per heavy atom. The maximum atomic E-state index is 2.62. The Labute approximate surface area is 445 Å². The summed E-state index contributed by atoms with van der Waals surface area (Å²) in [4.78, 5) is 10.2. The van der Waals surface area contributed by atoms with Crippen LogP contribution < -0.4 is 47.5 Å². The van der Waals surface area contributed by atoms with Crippen molar-refractivity contribution in [3.63, 3.8) is 0 Å². The van der Waals surface area contributed by atoms with Gasteiger partial charge in [0.1, 0.15) is 0 Å². The molecule has 75 heavy (non-hydrogen) atoms. The van der Waals surface area contributed by atoms with Crippen molar-refractivity contribution in [1.82, 2.24) is 0 Å². The number of nitrogens with zero attached hydrogens (tertiary/aromatic N) is 3. The fraction of sp³-hybridized carbons (Fsp3) is 0.0435. The standard InChI is InChI=1S/C69H51B2N3S/c1-46-38-47(2)68(48(3)39-46)71-59-34-19-20-35-66(59)75-67-45-63-60(44-61(67)71)70-58-37-36-52(50-24-11-5-12-25-50)41-62(58)74(56-33-21-26-51(40-56)49-22-9-4-10-23-49)65-43-57(42-64(69(65)70)73(63)55-31-17-8-18-32-55)72(53-27-13-6-14-28-53)54-29-15-7-16-30-54/h4-45H,1-3H3. The summed E-state index contributed by atoms with van der Waals surface area (Å²) in [5.74, 6) is 0. The molecule has 0 radical (unpaired) electrons. The fourth-order valence-corrected chi connectivity index (χ4v) is 13.7. The molecule has 3 heterocycles. The number of benzene rings is 11. The van der Waals surface area contributed by atoms with Gasteiger partial charge in [0.15, 0.2) is 0 Å². The number of rotatable bonds is 8. The van der Waals surface area contributed by atoms with Crippen molar-refractivity contribution in [2.24, 2.45) is 0 Å². The van der Waals surface area contributed by atoms with E-state index in [2.05, 4.69) is 290 Å². The average Bonchev–Trinajstić information content (AvgIpc) is 3.50. The van der Waals surface area contributed by atoms with Gasteiger partial charge in [0.05, 0.1) is 5.69 Å². The zero-order valence-corrected chi connectivity index (χ0v) is 43.0. The van der Waals surface area contributed by atoms with Crippen LogP contribution in [0.25, 0.3) is 22.3 Å². The zero-order valence-electron chi connectivity index (χ0n) is 42.2. The van der Waals surface area contributed by atoms with E-state index < -0.39 is 0 Å². The molecule has 11 aromatic rings. The van der Waals surface area contributed by atoms with Crippen LogP contribution in [-0.2, 0) is 0 Å². The maximum absolute atomic E-state index is 2.62. The van der Waals surface area contributed by atoms with Crippen LogP contribution in [0.2, 0.25) is 0 Å². The van der Waals surface area contributed by atoms with Crippen molar-refractivity contribution in [2.75, 3.05) is 14.7 Å². The van der Waals surface area contributed by atoms with Crippen LogP contribution in [0.15, 0.2) is 265 Å². The van der Waals surface area contributed by atoms with E-state index in [4.69, 9.17) is 0 Å². The molecule has 0 amide bonds. The quantitative estimate of drug-likeness (QED) is 0.140. The Morgan fingerprint density at radius 1 is 0.320 bits per heavy atom. The fourth-order valence-electron chi connectivity index (χ4n) is 12.5. The van der Waals surface area contributed by atoms with Crippen LogP contribution in [0.4, 0.5) is 51.2 Å². The van der Waals surface area contributed by atoms with Crippen LogP contribution in [-0.4, -0.2) is 13.4 Å². The van der Waals surface area contributed by atoms with Gasteiger partial charge in [-0.15, -0.1) is 0 Å². The lowest BCUT2D eigenvalue weighted by Crippen LogP contribution is -2.64. The predicted molar refractivity (Wildman–Crippen MR) is 322 cm³/mol. The van der Waals surface area contributed by atoms with Gasteiger partial charge in [-0.3, -0.25) is 0 Å². The minimum Gasteiger partial charge on any atom is -0.311 e. The molecular formula is C69H51B2N3S. The van der Waals surface area contributed by atoms with E-state index in [1.165, 1.54) is 92.9 Å². The van der Waals surface area contributed by atoms with E-state index in [-0.39, 0.29) is 13.4 Å². The number of para-hydroxylation sites is 3. The van der Waals surface area contributed by atoms with Gasteiger partial charge in [0.25, 0.3) is 6.71 Å². The van der Waals surface area contributed by atoms with Gasteiger partial charge in [-0.25, -0.2) is 0 Å². The molecule has 0 spiro atoms. The third-order valence-electron chi connectivity index (χ3n) is 15.6. The molecule has 354 valence electrons. The molecule has 0 saturated heterocycles. The van der Waals surface area contributed by atoms with E-state index in [9.17, 15) is 0 Å². The largest absolute Gasteiger partial charge is 0.311 e. The number of fused-ring (bicyclic) bond motifs is 6. The van der Waals surface area contributed by atoms with E-state index in [1.54, 1.807) is 0 Å². The molecule has 11 aromatic carbocycles. The lowest BCUT2D eigenvalue weighted by molar-refractivity contribution is 1.22. The lowest BCUT2D eigenvalue weighted by Gasteiger charge is -2.45. The summed E-state index contributed by atoms with van der Waals surface area (Å²) >= 11 is 1.91. The number of aryl methyl sites for hydroxylation is 3. The molecule has 0 saturated carbocycles. The van der Waals surface area contributed by atoms with Crippen molar-refractivity contribution in [3.8, 4) is 22.3 Å². The SMILES string of the molecule is Cc1cc(C)c(B2c3ccccc3Sc3cc4c(cc32)B2c3ccc(-c5ccccc5)cc3N(c3cccc(-c5ccccc5)c3)c3cc(N(c5ccccc5)c5ccccc5)cc(c32)N4c2ccccc2)c(C)c1. The monoisotopic (exact) mass is 975 g/mol. The molecule has 0 fully saturated rings. The summed E-state index contributed by atoms with van der Waals surface area (Å²) in [5.41, 5.74) is 26.8. The highest BCUT2D eigenvalue weighted by atomic mass is 32.2. The topological polar surface area (TPSA) is 9.72 Å². The Bertz CT molecular complexity index is 3920. The first kappa shape index (κ1) is 45.0. The Kier molecular flexibility index (Phi) is 11.0. The van der Waals surface area contributed by atoms with Crippen LogP contribution >= 0.6 is 11.8 Å². The molecule has 0 aromatic heterocycles. The molecule has 0 aliphatic carbocycles. The minimum atomic E-state index is -0.109. The van der Waals surface area contributed by atoms with E-state index in [0.29, 0.717) is 0 Å². The molecule has 0 atom stereocenters. The first-order chi connectivity index (χ1) is 36.9. The molecule has 6 heteroatoms. The molecule has 3 aliphatic rings. The molecule has 3 nitrogen and oxygen atoms in total. The van der Waals surface area contributed by atoms with Gasteiger partial charge in [-0.2, -0.15) is 0 Å². The van der Waals surface area contributed by atoms with Gasteiger partial charge >= 0.3 is 0 Å². The van der Waals surface area contributed by atoms with Gasteiger partial charge in [0.2, 0.25) is 6.71 Å². The van der Waals surface area contributed by atoms with Crippen molar-refractivity contribution in [1.29, 1.82) is 0 Å². The summed E-state index contributed by atoms with van der Waals surface area (Å²) in [6.45, 7) is 6.80. The smallest absolute Gasteiger partial charge is 0.252 e. The van der Waals surface area contributed by atoms with Gasteiger partial charge < -0.3 is 14.7 Å². The second-order valence-electron chi connectivity index (χ2n) is 20.2. The summed E-state index contributed by atoms with van der Waals surface area (Å²) in [5, 5.41) is 0. The summed E-state index contributed by atoms with van der Waals surface area (Å²) in [7, 11) is 0. The number of anilines is 9. The second-order valence-corrected chi connectivity index (χ2v) is 21.3. The van der Waals surface area contributed by atoms with Crippen LogP contribution in [0, 0.1) is 20.8 Å².